The SMILES string of the molecule is C[C@H]1C[C@H](C)CN(C(=O)CN2CCN(c3nn4cc(-c5ccccc5)nc4s3)CC2)C1. The minimum atomic E-state index is 0.285. The summed E-state index contributed by atoms with van der Waals surface area (Å²) in [5.74, 6) is 1.50. The van der Waals surface area contributed by atoms with Crippen molar-refractivity contribution >= 4 is 27.3 Å². The van der Waals surface area contributed by atoms with Crippen LogP contribution in [0.2, 0.25) is 0 Å². The number of imidazole rings is 1. The summed E-state index contributed by atoms with van der Waals surface area (Å²) in [6.07, 6.45) is 3.23. The summed E-state index contributed by atoms with van der Waals surface area (Å²) >= 11 is 1.63. The summed E-state index contributed by atoms with van der Waals surface area (Å²) in [5, 5.41) is 5.77. The molecule has 5 rings (SSSR count). The van der Waals surface area contributed by atoms with Crippen LogP contribution in [-0.2, 0) is 4.79 Å². The molecule has 0 radical (unpaired) electrons. The van der Waals surface area contributed by atoms with Crippen LogP contribution in [0.1, 0.15) is 20.3 Å². The number of benzene rings is 1. The summed E-state index contributed by atoms with van der Waals surface area (Å²) in [7, 11) is 0. The van der Waals surface area contributed by atoms with Gasteiger partial charge in [0, 0.05) is 44.8 Å². The maximum absolute atomic E-state index is 12.8. The van der Waals surface area contributed by atoms with Crippen LogP contribution in [0.15, 0.2) is 36.5 Å². The second-order valence-electron chi connectivity index (χ2n) is 9.11. The lowest BCUT2D eigenvalue weighted by atomic mass is 9.92. The molecule has 1 aromatic carbocycles. The standard InChI is InChI=1S/C23H30N6OS/c1-17-12-18(2)14-28(13-17)21(30)16-26-8-10-27(11-9-26)23-25-29-15-20(24-22(29)31-23)19-6-4-3-5-7-19/h3-7,15,17-18H,8-14,16H2,1-2H3/t17-,18-/m0/s1. The van der Waals surface area contributed by atoms with Gasteiger partial charge in [-0.05, 0) is 18.3 Å². The highest BCUT2D eigenvalue weighted by Crippen LogP contribution is 2.27. The molecule has 2 aliphatic heterocycles. The molecule has 4 heterocycles. The molecule has 7 nitrogen and oxygen atoms in total. The molecular weight excluding hydrogens is 408 g/mol. The van der Waals surface area contributed by atoms with E-state index in [9.17, 15) is 4.79 Å². The van der Waals surface area contributed by atoms with Gasteiger partial charge in [-0.3, -0.25) is 9.69 Å². The van der Waals surface area contributed by atoms with Gasteiger partial charge in [-0.25, -0.2) is 9.50 Å². The van der Waals surface area contributed by atoms with E-state index in [0.717, 1.165) is 60.6 Å². The van der Waals surface area contributed by atoms with Crippen LogP contribution in [0.5, 0.6) is 0 Å². The zero-order chi connectivity index (χ0) is 21.4. The van der Waals surface area contributed by atoms with Crippen molar-refractivity contribution in [2.24, 2.45) is 11.8 Å². The van der Waals surface area contributed by atoms with Crippen LogP contribution < -0.4 is 4.90 Å². The number of rotatable bonds is 4. The Hall–Kier alpha value is -2.45. The van der Waals surface area contributed by atoms with E-state index in [1.165, 1.54) is 6.42 Å². The number of anilines is 1. The minimum Gasteiger partial charge on any atom is -0.344 e. The Labute approximate surface area is 187 Å². The quantitative estimate of drug-likeness (QED) is 0.627. The molecule has 2 aromatic heterocycles. The topological polar surface area (TPSA) is 57.0 Å². The molecule has 1 amide bonds. The molecule has 0 aliphatic carbocycles. The van der Waals surface area contributed by atoms with Crippen molar-refractivity contribution in [1.29, 1.82) is 0 Å². The first-order chi connectivity index (χ1) is 15.0. The van der Waals surface area contributed by atoms with Crippen LogP contribution >= 0.6 is 11.3 Å². The number of hydrogen-bond donors (Lipinski definition) is 0. The van der Waals surface area contributed by atoms with E-state index in [1.807, 2.05) is 28.9 Å². The van der Waals surface area contributed by atoms with Crippen molar-refractivity contribution in [3.63, 3.8) is 0 Å². The average molecular weight is 439 g/mol. The van der Waals surface area contributed by atoms with Crippen molar-refractivity contribution in [2.45, 2.75) is 20.3 Å². The second kappa shape index (κ2) is 8.59. The molecule has 2 fully saturated rings. The molecule has 3 aromatic rings. The van der Waals surface area contributed by atoms with E-state index in [0.29, 0.717) is 18.4 Å². The average Bonchev–Trinajstić information content (AvgIpc) is 3.34. The maximum atomic E-state index is 12.8. The van der Waals surface area contributed by atoms with Gasteiger partial charge in [0.2, 0.25) is 16.0 Å². The lowest BCUT2D eigenvalue weighted by Crippen LogP contribution is -2.52. The molecule has 0 N–H and O–H groups in total. The molecule has 0 spiro atoms. The largest absolute Gasteiger partial charge is 0.344 e. The highest BCUT2D eigenvalue weighted by Gasteiger charge is 2.28. The van der Waals surface area contributed by atoms with Crippen LogP contribution in [0.3, 0.4) is 0 Å². The van der Waals surface area contributed by atoms with Gasteiger partial charge in [-0.2, -0.15) is 0 Å². The van der Waals surface area contributed by atoms with Crippen molar-refractivity contribution in [3.05, 3.63) is 36.5 Å². The molecule has 0 saturated carbocycles. The zero-order valence-electron chi connectivity index (χ0n) is 18.3. The Balaban J connectivity index is 1.17. The molecule has 8 heteroatoms. The highest BCUT2D eigenvalue weighted by molar-refractivity contribution is 7.20. The molecule has 2 aliphatic rings. The van der Waals surface area contributed by atoms with Gasteiger partial charge in [-0.15, -0.1) is 5.10 Å². The van der Waals surface area contributed by atoms with Gasteiger partial charge in [0.05, 0.1) is 18.4 Å². The monoisotopic (exact) mass is 438 g/mol. The van der Waals surface area contributed by atoms with Crippen molar-refractivity contribution < 1.29 is 4.79 Å². The van der Waals surface area contributed by atoms with Crippen LogP contribution in [0.4, 0.5) is 5.13 Å². The summed E-state index contributed by atoms with van der Waals surface area (Å²) in [6, 6.07) is 10.2. The third-order valence-corrected chi connectivity index (χ3v) is 7.31. The van der Waals surface area contributed by atoms with E-state index in [4.69, 9.17) is 10.1 Å². The fourth-order valence-corrected chi connectivity index (χ4v) is 5.76. The number of nitrogens with zero attached hydrogens (tertiary/aromatic N) is 6. The Morgan fingerprint density at radius 3 is 2.45 bits per heavy atom. The maximum Gasteiger partial charge on any atom is 0.236 e. The van der Waals surface area contributed by atoms with Crippen molar-refractivity contribution in [3.8, 4) is 11.3 Å². The molecule has 2 atom stereocenters. The van der Waals surface area contributed by atoms with Gasteiger partial charge in [0.1, 0.15) is 0 Å². The normalized spacial score (nSPS) is 22.9. The number of piperidine rings is 1. The molecule has 2 saturated heterocycles. The van der Waals surface area contributed by atoms with Crippen LogP contribution in [-0.4, -0.2) is 76.1 Å². The summed E-state index contributed by atoms with van der Waals surface area (Å²) in [5.41, 5.74) is 2.06. The Morgan fingerprint density at radius 2 is 1.77 bits per heavy atom. The molecule has 164 valence electrons. The van der Waals surface area contributed by atoms with E-state index in [2.05, 4.69) is 40.7 Å². The van der Waals surface area contributed by atoms with Gasteiger partial charge < -0.3 is 9.80 Å². The summed E-state index contributed by atoms with van der Waals surface area (Å²) < 4.78 is 1.89. The number of carbonyl (C=O) groups is 1. The molecule has 0 unspecified atom stereocenters. The number of piperazine rings is 1. The fraction of sp³-hybridized carbons (Fsp3) is 0.522. The first-order valence-corrected chi connectivity index (χ1v) is 12.0. The second-order valence-corrected chi connectivity index (χ2v) is 10.0. The lowest BCUT2D eigenvalue weighted by Gasteiger charge is -2.38. The van der Waals surface area contributed by atoms with E-state index in [1.54, 1.807) is 11.3 Å². The number of amides is 1. The van der Waals surface area contributed by atoms with E-state index < -0.39 is 0 Å². The van der Waals surface area contributed by atoms with Gasteiger partial charge in [0.15, 0.2) is 0 Å². The molecule has 0 bridgehead atoms. The minimum absolute atomic E-state index is 0.285. The fourth-order valence-electron chi connectivity index (χ4n) is 4.82. The smallest absolute Gasteiger partial charge is 0.236 e. The molecule has 31 heavy (non-hydrogen) atoms. The number of hydrogen-bond acceptors (Lipinski definition) is 6. The van der Waals surface area contributed by atoms with Crippen LogP contribution in [0, 0.1) is 11.8 Å². The van der Waals surface area contributed by atoms with Gasteiger partial charge in [0.25, 0.3) is 0 Å². The number of carbonyl (C=O) groups excluding carboxylic acids is 1. The van der Waals surface area contributed by atoms with E-state index >= 15 is 0 Å². The first kappa shape index (κ1) is 20.5. The number of aromatic nitrogens is 3. The first-order valence-electron chi connectivity index (χ1n) is 11.2. The Kier molecular flexibility index (Phi) is 5.67. The molecular formula is C23H30N6OS. The highest BCUT2D eigenvalue weighted by atomic mass is 32.1. The van der Waals surface area contributed by atoms with E-state index in [-0.39, 0.29) is 5.91 Å². The van der Waals surface area contributed by atoms with Crippen LogP contribution in [0.25, 0.3) is 16.2 Å². The lowest BCUT2D eigenvalue weighted by molar-refractivity contribution is -0.135. The third-order valence-electron chi connectivity index (χ3n) is 6.33. The van der Waals surface area contributed by atoms with Gasteiger partial charge >= 0.3 is 0 Å². The third kappa shape index (κ3) is 4.45. The summed E-state index contributed by atoms with van der Waals surface area (Å²) in [4.78, 5) is 25.1. The Morgan fingerprint density at radius 1 is 1.06 bits per heavy atom. The summed E-state index contributed by atoms with van der Waals surface area (Å²) in [6.45, 7) is 10.4. The number of fused-ring (bicyclic) bond motifs is 1. The van der Waals surface area contributed by atoms with Gasteiger partial charge in [-0.1, -0.05) is 55.5 Å². The van der Waals surface area contributed by atoms with Crippen molar-refractivity contribution in [1.82, 2.24) is 24.4 Å². The number of likely N-dealkylation sites (tertiary alicyclic amines) is 1. The van der Waals surface area contributed by atoms with Crippen molar-refractivity contribution in [2.75, 3.05) is 50.7 Å². The predicted molar refractivity (Wildman–Crippen MR) is 124 cm³/mol. The predicted octanol–water partition coefficient (Wildman–Crippen LogP) is 3.08. The zero-order valence-corrected chi connectivity index (χ0v) is 19.1. The Bertz CT molecular complexity index is 997.